The SMILES string of the molecule is O=C(Nc1ccccc1C(F)(F)F)NC1CC(=O)N(Cc2ccccc2)C1. The number of amides is 3. The van der Waals surface area contributed by atoms with Crippen LogP contribution in [0.3, 0.4) is 0 Å². The molecule has 0 aliphatic carbocycles. The summed E-state index contributed by atoms with van der Waals surface area (Å²) in [4.78, 5) is 25.8. The number of carbonyl (C=O) groups excluding carboxylic acids is 2. The molecular formula is C19H18F3N3O2. The van der Waals surface area contributed by atoms with Crippen molar-refractivity contribution in [3.8, 4) is 0 Å². The van der Waals surface area contributed by atoms with Crippen molar-refractivity contribution in [2.75, 3.05) is 11.9 Å². The zero-order chi connectivity index (χ0) is 19.4. The predicted octanol–water partition coefficient (Wildman–Crippen LogP) is 3.63. The summed E-state index contributed by atoms with van der Waals surface area (Å²) in [7, 11) is 0. The van der Waals surface area contributed by atoms with Gasteiger partial charge in [-0.15, -0.1) is 0 Å². The van der Waals surface area contributed by atoms with Gasteiger partial charge >= 0.3 is 12.2 Å². The largest absolute Gasteiger partial charge is 0.418 e. The molecule has 3 amide bonds. The maximum absolute atomic E-state index is 13.0. The zero-order valence-electron chi connectivity index (χ0n) is 14.3. The van der Waals surface area contributed by atoms with Gasteiger partial charge in [0.05, 0.1) is 17.3 Å². The number of carbonyl (C=O) groups is 2. The fourth-order valence-electron chi connectivity index (χ4n) is 3.01. The van der Waals surface area contributed by atoms with E-state index >= 15 is 0 Å². The third-order valence-corrected chi connectivity index (χ3v) is 4.25. The Kier molecular flexibility index (Phi) is 5.34. The molecule has 1 unspecified atom stereocenters. The molecule has 0 spiro atoms. The normalized spacial score (nSPS) is 17.1. The van der Waals surface area contributed by atoms with Gasteiger partial charge in [-0.3, -0.25) is 4.79 Å². The highest BCUT2D eigenvalue weighted by atomic mass is 19.4. The molecule has 27 heavy (non-hydrogen) atoms. The van der Waals surface area contributed by atoms with E-state index < -0.39 is 23.8 Å². The Morgan fingerprint density at radius 3 is 2.44 bits per heavy atom. The number of hydrogen-bond donors (Lipinski definition) is 2. The number of nitrogens with zero attached hydrogens (tertiary/aromatic N) is 1. The minimum absolute atomic E-state index is 0.111. The van der Waals surface area contributed by atoms with Crippen molar-refractivity contribution in [2.24, 2.45) is 0 Å². The van der Waals surface area contributed by atoms with Gasteiger partial charge in [-0.1, -0.05) is 42.5 Å². The predicted molar refractivity (Wildman–Crippen MR) is 93.9 cm³/mol. The smallest absolute Gasteiger partial charge is 0.336 e. The third kappa shape index (κ3) is 4.78. The highest BCUT2D eigenvalue weighted by Crippen LogP contribution is 2.34. The lowest BCUT2D eigenvalue weighted by Gasteiger charge is -2.18. The quantitative estimate of drug-likeness (QED) is 0.855. The van der Waals surface area contributed by atoms with Gasteiger partial charge in [0, 0.05) is 19.5 Å². The van der Waals surface area contributed by atoms with Crippen molar-refractivity contribution >= 4 is 17.6 Å². The molecule has 1 aliphatic heterocycles. The van der Waals surface area contributed by atoms with E-state index in [1.165, 1.54) is 18.2 Å². The number of urea groups is 1. The first kappa shape index (κ1) is 18.8. The van der Waals surface area contributed by atoms with Gasteiger partial charge in [-0.05, 0) is 17.7 Å². The van der Waals surface area contributed by atoms with Crippen molar-refractivity contribution in [1.82, 2.24) is 10.2 Å². The Hall–Kier alpha value is -3.03. The monoisotopic (exact) mass is 377 g/mol. The van der Waals surface area contributed by atoms with Gasteiger partial charge in [0.2, 0.25) is 5.91 Å². The van der Waals surface area contributed by atoms with E-state index in [9.17, 15) is 22.8 Å². The van der Waals surface area contributed by atoms with Crippen LogP contribution in [-0.4, -0.2) is 29.4 Å². The molecule has 0 saturated carbocycles. The molecule has 1 heterocycles. The molecule has 1 aliphatic rings. The molecule has 2 aromatic carbocycles. The number of nitrogens with one attached hydrogen (secondary N) is 2. The van der Waals surface area contributed by atoms with Crippen LogP contribution in [-0.2, 0) is 17.5 Å². The first-order valence-electron chi connectivity index (χ1n) is 8.38. The van der Waals surface area contributed by atoms with Crippen LogP contribution < -0.4 is 10.6 Å². The fraction of sp³-hybridized carbons (Fsp3) is 0.263. The first-order valence-corrected chi connectivity index (χ1v) is 8.38. The van der Waals surface area contributed by atoms with Crippen molar-refractivity contribution in [3.05, 3.63) is 65.7 Å². The van der Waals surface area contributed by atoms with Gasteiger partial charge in [-0.2, -0.15) is 13.2 Å². The van der Waals surface area contributed by atoms with E-state index in [2.05, 4.69) is 10.6 Å². The van der Waals surface area contributed by atoms with Crippen molar-refractivity contribution in [2.45, 2.75) is 25.2 Å². The molecule has 2 aromatic rings. The number of anilines is 1. The fourth-order valence-corrected chi connectivity index (χ4v) is 3.01. The van der Waals surface area contributed by atoms with Crippen molar-refractivity contribution in [3.63, 3.8) is 0 Å². The molecule has 5 nitrogen and oxygen atoms in total. The summed E-state index contributed by atoms with van der Waals surface area (Å²) >= 11 is 0. The van der Waals surface area contributed by atoms with Crippen LogP contribution in [0.15, 0.2) is 54.6 Å². The Balaban J connectivity index is 1.59. The lowest BCUT2D eigenvalue weighted by molar-refractivity contribution is -0.137. The molecule has 8 heteroatoms. The van der Waals surface area contributed by atoms with E-state index in [1.54, 1.807) is 4.90 Å². The number of hydrogen-bond acceptors (Lipinski definition) is 2. The minimum atomic E-state index is -4.57. The van der Waals surface area contributed by atoms with E-state index in [0.717, 1.165) is 11.6 Å². The number of likely N-dealkylation sites (tertiary alicyclic amines) is 1. The Labute approximate surface area is 154 Å². The van der Waals surface area contributed by atoms with Crippen LogP contribution in [0, 0.1) is 0 Å². The van der Waals surface area contributed by atoms with Crippen LogP contribution in [0.5, 0.6) is 0 Å². The molecule has 3 rings (SSSR count). The van der Waals surface area contributed by atoms with Crippen LogP contribution in [0.4, 0.5) is 23.7 Å². The molecule has 0 radical (unpaired) electrons. The zero-order valence-corrected chi connectivity index (χ0v) is 14.3. The number of para-hydroxylation sites is 1. The summed E-state index contributed by atoms with van der Waals surface area (Å²) < 4.78 is 39.0. The number of alkyl halides is 3. The van der Waals surface area contributed by atoms with Crippen LogP contribution >= 0.6 is 0 Å². The van der Waals surface area contributed by atoms with Crippen LogP contribution in [0.1, 0.15) is 17.5 Å². The molecule has 1 saturated heterocycles. The second-order valence-corrected chi connectivity index (χ2v) is 6.30. The summed E-state index contributed by atoms with van der Waals surface area (Å²) in [6.45, 7) is 0.735. The summed E-state index contributed by atoms with van der Waals surface area (Å²) in [6, 6.07) is 12.9. The van der Waals surface area contributed by atoms with E-state index in [1.807, 2.05) is 30.3 Å². The second-order valence-electron chi connectivity index (χ2n) is 6.30. The maximum atomic E-state index is 13.0. The van der Waals surface area contributed by atoms with E-state index in [0.29, 0.717) is 13.1 Å². The number of halogens is 3. The minimum Gasteiger partial charge on any atom is -0.336 e. The highest BCUT2D eigenvalue weighted by Gasteiger charge is 2.34. The average Bonchev–Trinajstić information content (AvgIpc) is 2.94. The third-order valence-electron chi connectivity index (χ3n) is 4.25. The maximum Gasteiger partial charge on any atom is 0.418 e. The molecule has 0 bridgehead atoms. The molecular weight excluding hydrogens is 359 g/mol. The van der Waals surface area contributed by atoms with Gasteiger partial charge in [-0.25, -0.2) is 4.79 Å². The van der Waals surface area contributed by atoms with E-state index in [-0.39, 0.29) is 18.0 Å². The number of rotatable bonds is 4. The topological polar surface area (TPSA) is 61.4 Å². The molecule has 142 valence electrons. The molecule has 2 N–H and O–H groups in total. The Bertz CT molecular complexity index is 824. The summed E-state index contributed by atoms with van der Waals surface area (Å²) in [6.07, 6.45) is -4.46. The summed E-state index contributed by atoms with van der Waals surface area (Å²) in [5.41, 5.74) is -0.281. The van der Waals surface area contributed by atoms with Crippen molar-refractivity contribution < 1.29 is 22.8 Å². The van der Waals surface area contributed by atoms with Gasteiger partial charge < -0.3 is 15.5 Å². The first-order chi connectivity index (χ1) is 12.8. The molecule has 0 aromatic heterocycles. The van der Waals surface area contributed by atoms with Crippen LogP contribution in [0.25, 0.3) is 0 Å². The lowest BCUT2D eigenvalue weighted by atomic mass is 10.1. The lowest BCUT2D eigenvalue weighted by Crippen LogP contribution is -2.39. The van der Waals surface area contributed by atoms with Gasteiger partial charge in [0.15, 0.2) is 0 Å². The standard InChI is InChI=1S/C19H18F3N3O2/c20-19(21,22)15-8-4-5-9-16(15)24-18(27)23-14-10-17(26)25(12-14)11-13-6-2-1-3-7-13/h1-9,14H,10-12H2,(H2,23,24,27). The molecule has 1 atom stereocenters. The second kappa shape index (κ2) is 7.69. The summed E-state index contributed by atoms with van der Waals surface area (Å²) in [5.74, 6) is -0.111. The van der Waals surface area contributed by atoms with Gasteiger partial charge in [0.25, 0.3) is 0 Å². The van der Waals surface area contributed by atoms with Crippen molar-refractivity contribution in [1.29, 1.82) is 0 Å². The highest BCUT2D eigenvalue weighted by molar-refractivity contribution is 5.91. The van der Waals surface area contributed by atoms with Gasteiger partial charge in [0.1, 0.15) is 0 Å². The summed E-state index contributed by atoms with van der Waals surface area (Å²) in [5, 5.41) is 4.80. The van der Waals surface area contributed by atoms with Crippen LogP contribution in [0.2, 0.25) is 0 Å². The average molecular weight is 377 g/mol. The Morgan fingerprint density at radius 2 is 1.74 bits per heavy atom. The number of benzene rings is 2. The van der Waals surface area contributed by atoms with E-state index in [4.69, 9.17) is 0 Å². The molecule has 1 fully saturated rings. The Morgan fingerprint density at radius 1 is 1.07 bits per heavy atom.